The minimum atomic E-state index is -1.99. The van der Waals surface area contributed by atoms with Crippen molar-refractivity contribution in [2.75, 3.05) is 0 Å². The summed E-state index contributed by atoms with van der Waals surface area (Å²) in [5.74, 6) is 4.72. The van der Waals surface area contributed by atoms with Crippen LogP contribution in [0.1, 0.15) is 21.6 Å². The first-order valence-electron chi connectivity index (χ1n) is 11.4. The van der Waals surface area contributed by atoms with Gasteiger partial charge in [-0.1, -0.05) is 91.0 Å². The second kappa shape index (κ2) is 10.3. The van der Waals surface area contributed by atoms with E-state index in [1.165, 1.54) is 0 Å². The number of nitrogens with zero attached hydrogens (tertiary/aromatic N) is 1. The van der Waals surface area contributed by atoms with Crippen molar-refractivity contribution in [2.24, 2.45) is 5.90 Å². The number of rotatable bonds is 7. The largest absolute Gasteiger partial charge is 0.374 e. The Morgan fingerprint density at radius 1 is 0.806 bits per heavy atom. The van der Waals surface area contributed by atoms with Gasteiger partial charge in [0.15, 0.2) is 11.1 Å². The molecule has 7 heteroatoms. The second-order valence-corrected chi connectivity index (χ2v) is 9.39. The third-order valence-corrected chi connectivity index (χ3v) is 6.76. The van der Waals surface area contributed by atoms with Gasteiger partial charge in [-0.2, -0.15) is 5.90 Å². The summed E-state index contributed by atoms with van der Waals surface area (Å²) in [4.78, 5) is 17.8. The maximum atomic E-state index is 13.0. The maximum absolute atomic E-state index is 13.0. The lowest BCUT2D eigenvalue weighted by molar-refractivity contribution is 0.0493. The number of hydrogen-bond donors (Lipinski definition) is 2. The van der Waals surface area contributed by atoms with Gasteiger partial charge in [-0.25, -0.2) is 9.00 Å². The smallest absolute Gasteiger partial charge is 0.369 e. The van der Waals surface area contributed by atoms with Gasteiger partial charge in [0.25, 0.3) is 0 Å². The number of carbonyl (C=O) groups excluding carboxylic acids is 1. The third kappa shape index (κ3) is 4.72. The van der Waals surface area contributed by atoms with Crippen LogP contribution in [-0.2, 0) is 28.2 Å². The van der Waals surface area contributed by atoms with Crippen LogP contribution in [0.15, 0.2) is 103 Å². The van der Waals surface area contributed by atoms with E-state index < -0.39 is 17.0 Å². The van der Waals surface area contributed by atoms with Crippen molar-refractivity contribution in [1.82, 2.24) is 4.57 Å². The molecule has 1 unspecified atom stereocenters. The highest BCUT2D eigenvalue weighted by Gasteiger charge is 2.25. The van der Waals surface area contributed by atoms with Gasteiger partial charge in [-0.3, -0.25) is 0 Å². The Morgan fingerprint density at radius 3 is 2.00 bits per heavy atom. The van der Waals surface area contributed by atoms with Gasteiger partial charge in [0.05, 0.1) is 5.75 Å². The van der Waals surface area contributed by atoms with Gasteiger partial charge >= 0.3 is 5.97 Å². The van der Waals surface area contributed by atoms with Crippen molar-refractivity contribution in [2.45, 2.75) is 12.3 Å². The number of carbonyl (C=O) groups is 1. The number of nitrogens with two attached hydrogens (primary N) is 1. The molecule has 0 radical (unpaired) electrons. The van der Waals surface area contributed by atoms with E-state index in [9.17, 15) is 13.6 Å². The summed E-state index contributed by atoms with van der Waals surface area (Å²) in [5.41, 5.74) is 6.54. The lowest BCUT2D eigenvalue weighted by Gasteiger charge is -2.12. The fourth-order valence-corrected chi connectivity index (χ4v) is 5.04. The first-order valence-corrected chi connectivity index (χ1v) is 12.7. The molecule has 0 aliphatic heterocycles. The van der Waals surface area contributed by atoms with Crippen LogP contribution in [0, 0.1) is 0 Å². The molecular formula is C29H24N2O4S. The van der Waals surface area contributed by atoms with Gasteiger partial charge in [0, 0.05) is 23.0 Å². The Hall–Kier alpha value is -4.04. The predicted molar refractivity (Wildman–Crippen MR) is 142 cm³/mol. The average molecular weight is 497 g/mol. The van der Waals surface area contributed by atoms with Crippen LogP contribution in [0.4, 0.5) is 0 Å². The van der Waals surface area contributed by atoms with E-state index in [-0.39, 0.29) is 5.75 Å². The minimum Gasteiger partial charge on any atom is -0.369 e. The van der Waals surface area contributed by atoms with E-state index in [2.05, 4.69) is 24.3 Å². The topological polar surface area (TPSA) is 94.6 Å². The zero-order chi connectivity index (χ0) is 25.1. The fourth-order valence-electron chi connectivity index (χ4n) is 4.58. The van der Waals surface area contributed by atoms with Crippen LogP contribution in [0.5, 0.6) is 0 Å². The molecule has 0 fully saturated rings. The molecule has 0 bridgehead atoms. The van der Waals surface area contributed by atoms with E-state index in [0.717, 1.165) is 33.2 Å². The molecular weight excluding hydrogens is 472 g/mol. The van der Waals surface area contributed by atoms with Crippen molar-refractivity contribution in [3.63, 3.8) is 0 Å². The zero-order valence-corrected chi connectivity index (χ0v) is 20.2. The van der Waals surface area contributed by atoms with Crippen LogP contribution in [0.2, 0.25) is 0 Å². The standard InChI is InChI=1S/C29H24N2O4S/c30-35-29(32)28-27(24-9-5-2-6-10-24)25-17-21(19-36(33)34)13-16-26(25)31(28)18-20-11-14-23(15-12-20)22-7-3-1-4-8-22/h1-17H,18-19,30H2,(H,33,34). The van der Waals surface area contributed by atoms with Crippen molar-refractivity contribution in [3.05, 3.63) is 120 Å². The monoisotopic (exact) mass is 496 g/mol. The Bertz CT molecular complexity index is 1550. The second-order valence-electron chi connectivity index (χ2n) is 8.46. The molecule has 6 nitrogen and oxygen atoms in total. The molecule has 0 saturated heterocycles. The Balaban J connectivity index is 1.67. The molecule has 5 rings (SSSR count). The first-order chi connectivity index (χ1) is 17.5. The summed E-state index contributed by atoms with van der Waals surface area (Å²) < 4.78 is 22.8. The number of hydrogen-bond acceptors (Lipinski definition) is 4. The number of fused-ring (bicyclic) bond motifs is 1. The Morgan fingerprint density at radius 2 is 1.39 bits per heavy atom. The SMILES string of the molecule is NOC(=O)c1c(-c2ccccc2)c2cc(CS(=O)O)ccc2n1Cc1ccc(-c2ccccc2)cc1. The fraction of sp³-hybridized carbons (Fsp3) is 0.0690. The minimum absolute atomic E-state index is 0.00698. The summed E-state index contributed by atoms with van der Waals surface area (Å²) in [6.07, 6.45) is 0. The van der Waals surface area contributed by atoms with E-state index >= 15 is 0 Å². The normalized spacial score (nSPS) is 11.9. The Labute approximate surface area is 211 Å². The molecule has 1 heterocycles. The van der Waals surface area contributed by atoms with Crippen molar-refractivity contribution < 1.29 is 18.4 Å². The van der Waals surface area contributed by atoms with Crippen molar-refractivity contribution in [1.29, 1.82) is 0 Å². The van der Waals surface area contributed by atoms with Gasteiger partial charge in [-0.05, 0) is 39.9 Å². The summed E-state index contributed by atoms with van der Waals surface area (Å²) in [5, 5.41) is 0.783. The molecule has 180 valence electrons. The molecule has 4 aromatic carbocycles. The molecule has 0 amide bonds. The van der Waals surface area contributed by atoms with Crippen molar-refractivity contribution in [3.8, 4) is 22.3 Å². The van der Waals surface area contributed by atoms with E-state index in [0.29, 0.717) is 23.4 Å². The molecule has 5 aromatic rings. The molecule has 0 aliphatic carbocycles. The zero-order valence-electron chi connectivity index (χ0n) is 19.3. The third-order valence-electron chi connectivity index (χ3n) is 6.18. The molecule has 1 atom stereocenters. The molecule has 0 saturated carbocycles. The van der Waals surface area contributed by atoms with Crippen LogP contribution in [0.3, 0.4) is 0 Å². The molecule has 3 N–H and O–H groups in total. The highest BCUT2D eigenvalue weighted by Crippen LogP contribution is 2.37. The highest BCUT2D eigenvalue weighted by atomic mass is 32.2. The first kappa shape index (κ1) is 23.7. The van der Waals surface area contributed by atoms with Crippen LogP contribution >= 0.6 is 0 Å². The van der Waals surface area contributed by atoms with Gasteiger partial charge < -0.3 is 14.0 Å². The quantitative estimate of drug-likeness (QED) is 0.220. The lowest BCUT2D eigenvalue weighted by atomic mass is 10.0. The predicted octanol–water partition coefficient (Wildman–Crippen LogP) is 5.78. The summed E-state index contributed by atoms with van der Waals surface area (Å²) >= 11 is -1.99. The van der Waals surface area contributed by atoms with E-state index in [1.807, 2.05) is 77.4 Å². The molecule has 1 aromatic heterocycles. The lowest BCUT2D eigenvalue weighted by Crippen LogP contribution is -2.17. The van der Waals surface area contributed by atoms with E-state index in [4.69, 9.17) is 10.7 Å². The van der Waals surface area contributed by atoms with Crippen molar-refractivity contribution >= 4 is 28.0 Å². The summed E-state index contributed by atoms with van der Waals surface area (Å²) in [6.45, 7) is 0.411. The molecule has 0 spiro atoms. The maximum Gasteiger partial charge on any atom is 0.374 e. The number of benzene rings is 4. The summed E-state index contributed by atoms with van der Waals surface area (Å²) in [7, 11) is 0. The van der Waals surface area contributed by atoms with Gasteiger partial charge in [0.1, 0.15) is 5.69 Å². The summed E-state index contributed by atoms with van der Waals surface area (Å²) in [6, 6.07) is 33.4. The number of aromatic nitrogens is 1. The van der Waals surface area contributed by atoms with Crippen LogP contribution < -0.4 is 5.90 Å². The average Bonchev–Trinajstić information content (AvgIpc) is 3.22. The highest BCUT2D eigenvalue weighted by molar-refractivity contribution is 7.78. The molecule has 36 heavy (non-hydrogen) atoms. The van der Waals surface area contributed by atoms with Gasteiger partial charge in [-0.15, -0.1) is 0 Å². The Kier molecular flexibility index (Phi) is 6.77. The van der Waals surface area contributed by atoms with E-state index in [1.54, 1.807) is 6.07 Å². The van der Waals surface area contributed by atoms with Gasteiger partial charge in [0.2, 0.25) is 0 Å². The molecule has 0 aliphatic rings. The van der Waals surface area contributed by atoms with Crippen LogP contribution in [-0.4, -0.2) is 19.3 Å². The van der Waals surface area contributed by atoms with Crippen LogP contribution in [0.25, 0.3) is 33.2 Å².